The van der Waals surface area contributed by atoms with Crippen LogP contribution < -0.4 is 4.74 Å². The Morgan fingerprint density at radius 2 is 2.07 bits per heavy atom. The Bertz CT molecular complexity index is 985. The number of amides is 1. The van der Waals surface area contributed by atoms with Gasteiger partial charge in [-0.15, -0.1) is 0 Å². The number of fused-ring (bicyclic) bond motifs is 1. The fourth-order valence-electron chi connectivity index (χ4n) is 3.95. The Kier molecular flexibility index (Phi) is 5.41. The molecule has 1 aromatic carbocycles. The molecule has 0 saturated carbocycles. The molecule has 1 aromatic heterocycles. The molecule has 0 spiro atoms. The lowest BCUT2D eigenvalue weighted by Crippen LogP contribution is -2.45. The number of carbonyl (C=O) groups is 2. The number of nitrogens with zero attached hydrogens (tertiary/aromatic N) is 2. The largest absolute Gasteiger partial charge is 0.450 e. The highest BCUT2D eigenvalue weighted by atomic mass is 35.5. The molecule has 2 aliphatic heterocycles. The molecule has 150 valence electrons. The van der Waals surface area contributed by atoms with Crippen molar-refractivity contribution in [2.24, 2.45) is 5.92 Å². The highest BCUT2D eigenvalue weighted by Crippen LogP contribution is 2.39. The molecule has 0 aliphatic carbocycles. The number of aromatic nitrogens is 1. The molecule has 2 aromatic rings. The number of ether oxygens (including phenoxy) is 1. The summed E-state index contributed by atoms with van der Waals surface area (Å²) in [5, 5.41) is 0.491. The van der Waals surface area contributed by atoms with E-state index in [1.54, 1.807) is 17.2 Å². The van der Waals surface area contributed by atoms with Gasteiger partial charge in [0.2, 0.25) is 0 Å². The summed E-state index contributed by atoms with van der Waals surface area (Å²) < 4.78 is 5.92. The molecule has 0 saturated heterocycles. The van der Waals surface area contributed by atoms with Crippen molar-refractivity contribution in [1.82, 2.24) is 9.88 Å². The topological polar surface area (TPSA) is 59.5 Å². The van der Waals surface area contributed by atoms with Gasteiger partial charge in [0.15, 0.2) is 11.5 Å². The third-order valence-corrected chi connectivity index (χ3v) is 5.62. The Labute approximate surface area is 175 Å². The molecule has 0 fully saturated rings. The molecule has 1 atom stereocenters. The van der Waals surface area contributed by atoms with E-state index in [1.807, 2.05) is 30.3 Å². The third-order valence-electron chi connectivity index (χ3n) is 5.32. The van der Waals surface area contributed by atoms with Crippen LogP contribution in [0.25, 0.3) is 0 Å². The van der Waals surface area contributed by atoms with Crippen molar-refractivity contribution in [3.05, 3.63) is 70.2 Å². The standard InChI is InChI=1S/C23H23ClN2O3/c1-14(2)10-19(20(27)12-17-7-3-4-9-25-17)26-13-16-11-15-6-5-8-18(24)21(15)29-22(16)23(26)28/h3-9,14,19H,10-13H2,1-2H3/t19-/m0/s1. The summed E-state index contributed by atoms with van der Waals surface area (Å²) in [5.74, 6) is 0.908. The summed E-state index contributed by atoms with van der Waals surface area (Å²) in [5.41, 5.74) is 2.58. The maximum atomic E-state index is 13.2. The number of halogens is 1. The Morgan fingerprint density at radius 3 is 2.79 bits per heavy atom. The van der Waals surface area contributed by atoms with E-state index < -0.39 is 6.04 Å². The van der Waals surface area contributed by atoms with Crippen molar-refractivity contribution >= 4 is 23.3 Å². The van der Waals surface area contributed by atoms with Crippen LogP contribution in [0, 0.1) is 5.92 Å². The molecule has 3 heterocycles. The molecule has 1 amide bonds. The van der Waals surface area contributed by atoms with Gasteiger partial charge in [0.1, 0.15) is 5.75 Å². The Balaban J connectivity index is 1.57. The van der Waals surface area contributed by atoms with E-state index in [0.717, 1.165) is 11.1 Å². The van der Waals surface area contributed by atoms with Crippen LogP contribution in [0.2, 0.25) is 5.02 Å². The second kappa shape index (κ2) is 7.99. The molecule has 5 nitrogen and oxygen atoms in total. The molecular formula is C23H23ClN2O3. The van der Waals surface area contributed by atoms with E-state index in [2.05, 4.69) is 18.8 Å². The first kappa shape index (κ1) is 19.6. The summed E-state index contributed by atoms with van der Waals surface area (Å²) in [6.07, 6.45) is 3.09. The van der Waals surface area contributed by atoms with Gasteiger partial charge in [-0.05, 0) is 30.5 Å². The average Bonchev–Trinajstić information content (AvgIpc) is 3.01. The van der Waals surface area contributed by atoms with Gasteiger partial charge in [-0.25, -0.2) is 0 Å². The van der Waals surface area contributed by atoms with Crippen molar-refractivity contribution in [3.8, 4) is 5.75 Å². The van der Waals surface area contributed by atoms with E-state index in [4.69, 9.17) is 16.3 Å². The van der Waals surface area contributed by atoms with Crippen LogP contribution in [0.5, 0.6) is 5.75 Å². The third kappa shape index (κ3) is 3.92. The minimum atomic E-state index is -0.503. The summed E-state index contributed by atoms with van der Waals surface area (Å²) in [7, 11) is 0. The molecule has 29 heavy (non-hydrogen) atoms. The fourth-order valence-corrected chi connectivity index (χ4v) is 4.18. The van der Waals surface area contributed by atoms with Crippen LogP contribution in [0.15, 0.2) is 53.9 Å². The van der Waals surface area contributed by atoms with Gasteiger partial charge in [0.25, 0.3) is 5.91 Å². The highest BCUT2D eigenvalue weighted by Gasteiger charge is 2.41. The number of hydrogen-bond donors (Lipinski definition) is 0. The SMILES string of the molecule is CC(C)C[C@@H](C(=O)Cc1ccccn1)N1CC2=C(Oc3c(Cl)cccc3C2)C1=O. The molecule has 2 aliphatic rings. The number of hydrogen-bond acceptors (Lipinski definition) is 4. The lowest BCUT2D eigenvalue weighted by atomic mass is 9.96. The first-order valence-corrected chi connectivity index (χ1v) is 10.2. The van der Waals surface area contributed by atoms with E-state index in [-0.39, 0.29) is 24.0 Å². The number of pyridine rings is 1. The minimum absolute atomic E-state index is 0.00106. The van der Waals surface area contributed by atoms with Crippen molar-refractivity contribution < 1.29 is 14.3 Å². The van der Waals surface area contributed by atoms with Crippen LogP contribution in [-0.4, -0.2) is 34.2 Å². The maximum absolute atomic E-state index is 13.2. The van der Waals surface area contributed by atoms with Gasteiger partial charge in [-0.2, -0.15) is 0 Å². The van der Waals surface area contributed by atoms with Crippen LogP contribution >= 0.6 is 11.6 Å². The minimum Gasteiger partial charge on any atom is -0.450 e. The van der Waals surface area contributed by atoms with Crippen molar-refractivity contribution in [1.29, 1.82) is 0 Å². The first-order chi connectivity index (χ1) is 13.9. The van der Waals surface area contributed by atoms with Gasteiger partial charge in [0.05, 0.1) is 17.5 Å². The predicted molar refractivity (Wildman–Crippen MR) is 111 cm³/mol. The summed E-state index contributed by atoms with van der Waals surface area (Å²) in [6, 6.07) is 10.6. The molecule has 6 heteroatoms. The van der Waals surface area contributed by atoms with Gasteiger partial charge >= 0.3 is 0 Å². The van der Waals surface area contributed by atoms with E-state index in [0.29, 0.717) is 41.6 Å². The molecule has 0 bridgehead atoms. The summed E-state index contributed by atoms with van der Waals surface area (Å²) in [6.45, 7) is 4.52. The Hall–Kier alpha value is -2.66. The first-order valence-electron chi connectivity index (χ1n) is 9.85. The second-order valence-corrected chi connectivity index (χ2v) is 8.39. The number of benzene rings is 1. The summed E-state index contributed by atoms with van der Waals surface area (Å²) in [4.78, 5) is 32.2. The number of Topliss-reactive ketones (excluding diaryl/α,β-unsaturated/α-hetero) is 1. The molecule has 0 radical (unpaired) electrons. The van der Waals surface area contributed by atoms with E-state index in [1.165, 1.54) is 0 Å². The predicted octanol–water partition coefficient (Wildman–Crippen LogP) is 3.99. The van der Waals surface area contributed by atoms with Crippen LogP contribution in [-0.2, 0) is 22.4 Å². The quantitative estimate of drug-likeness (QED) is 0.722. The van der Waals surface area contributed by atoms with Crippen LogP contribution in [0.4, 0.5) is 0 Å². The molecule has 0 N–H and O–H groups in total. The smallest absolute Gasteiger partial charge is 0.290 e. The number of carbonyl (C=O) groups excluding carboxylic acids is 2. The summed E-state index contributed by atoms with van der Waals surface area (Å²) >= 11 is 6.26. The molecular weight excluding hydrogens is 388 g/mol. The zero-order valence-electron chi connectivity index (χ0n) is 16.5. The van der Waals surface area contributed by atoms with Crippen molar-refractivity contribution in [3.63, 3.8) is 0 Å². The van der Waals surface area contributed by atoms with E-state index >= 15 is 0 Å². The monoisotopic (exact) mass is 410 g/mol. The molecule has 0 unspecified atom stereocenters. The highest BCUT2D eigenvalue weighted by molar-refractivity contribution is 6.32. The number of rotatable bonds is 6. The van der Waals surface area contributed by atoms with Gasteiger partial charge in [0, 0.05) is 36.0 Å². The lowest BCUT2D eigenvalue weighted by molar-refractivity contribution is -0.136. The number of para-hydroxylation sites is 1. The van der Waals surface area contributed by atoms with Crippen molar-refractivity contribution in [2.45, 2.75) is 39.2 Å². The lowest BCUT2D eigenvalue weighted by Gasteiger charge is -2.28. The zero-order chi connectivity index (χ0) is 20.5. The zero-order valence-corrected chi connectivity index (χ0v) is 17.3. The van der Waals surface area contributed by atoms with Crippen LogP contribution in [0.1, 0.15) is 31.5 Å². The van der Waals surface area contributed by atoms with Gasteiger partial charge < -0.3 is 9.64 Å². The second-order valence-electron chi connectivity index (χ2n) is 7.98. The maximum Gasteiger partial charge on any atom is 0.290 e. The van der Waals surface area contributed by atoms with E-state index in [9.17, 15) is 9.59 Å². The fraction of sp³-hybridized carbons (Fsp3) is 0.348. The normalized spacial score (nSPS) is 16.6. The Morgan fingerprint density at radius 1 is 1.24 bits per heavy atom. The van der Waals surface area contributed by atoms with Gasteiger partial charge in [-0.3, -0.25) is 14.6 Å². The van der Waals surface area contributed by atoms with Crippen LogP contribution in [0.3, 0.4) is 0 Å². The van der Waals surface area contributed by atoms with Gasteiger partial charge in [-0.1, -0.05) is 43.6 Å². The van der Waals surface area contributed by atoms with Crippen molar-refractivity contribution in [2.75, 3.05) is 6.54 Å². The molecule has 4 rings (SSSR count). The average molecular weight is 411 g/mol. The number of ketones is 1.